The molecular formula is C16H23N5O. The van der Waals surface area contributed by atoms with Crippen molar-refractivity contribution >= 4 is 12.0 Å². The summed E-state index contributed by atoms with van der Waals surface area (Å²) in [5.41, 5.74) is 4.02. The molecule has 0 spiro atoms. The van der Waals surface area contributed by atoms with Gasteiger partial charge in [-0.3, -0.25) is 14.2 Å². The van der Waals surface area contributed by atoms with Gasteiger partial charge in [0, 0.05) is 48.7 Å². The highest BCUT2D eigenvalue weighted by Gasteiger charge is 2.06. The van der Waals surface area contributed by atoms with E-state index in [1.165, 1.54) is 0 Å². The van der Waals surface area contributed by atoms with E-state index in [0.717, 1.165) is 35.6 Å². The van der Waals surface area contributed by atoms with E-state index < -0.39 is 0 Å². The summed E-state index contributed by atoms with van der Waals surface area (Å²) in [6.07, 6.45) is 7.09. The molecule has 1 N–H and O–H groups in total. The van der Waals surface area contributed by atoms with Crippen molar-refractivity contribution in [2.75, 3.05) is 0 Å². The number of aryl methyl sites for hydroxylation is 3. The highest BCUT2D eigenvalue weighted by molar-refractivity contribution is 5.91. The van der Waals surface area contributed by atoms with E-state index in [2.05, 4.69) is 15.5 Å². The molecule has 0 atom stereocenters. The molecule has 0 aliphatic heterocycles. The first kappa shape index (κ1) is 16.0. The van der Waals surface area contributed by atoms with Crippen LogP contribution in [0.1, 0.15) is 36.4 Å². The molecule has 0 aromatic carbocycles. The van der Waals surface area contributed by atoms with E-state index in [0.29, 0.717) is 6.54 Å². The van der Waals surface area contributed by atoms with Crippen LogP contribution in [0.2, 0.25) is 0 Å². The van der Waals surface area contributed by atoms with E-state index in [1.54, 1.807) is 18.3 Å². The van der Waals surface area contributed by atoms with E-state index in [4.69, 9.17) is 0 Å². The molecule has 1 amide bonds. The number of carbonyl (C=O) groups is 1. The molecule has 6 nitrogen and oxygen atoms in total. The summed E-state index contributed by atoms with van der Waals surface area (Å²) >= 11 is 0. The molecule has 2 heterocycles. The minimum absolute atomic E-state index is 0.118. The predicted molar refractivity (Wildman–Crippen MR) is 86.2 cm³/mol. The van der Waals surface area contributed by atoms with Crippen LogP contribution in [-0.4, -0.2) is 25.5 Å². The van der Waals surface area contributed by atoms with Crippen molar-refractivity contribution in [1.29, 1.82) is 0 Å². The third-order valence-electron chi connectivity index (χ3n) is 3.68. The number of hydrogen-bond acceptors (Lipinski definition) is 3. The molecule has 0 fully saturated rings. The Hall–Kier alpha value is -2.37. The van der Waals surface area contributed by atoms with E-state index in [-0.39, 0.29) is 5.91 Å². The fraction of sp³-hybridized carbons (Fsp3) is 0.438. The molecule has 0 bridgehead atoms. The van der Waals surface area contributed by atoms with Crippen LogP contribution in [0.4, 0.5) is 0 Å². The Bertz CT molecular complexity index is 681. The highest BCUT2D eigenvalue weighted by Crippen LogP contribution is 2.09. The van der Waals surface area contributed by atoms with Gasteiger partial charge in [-0.05, 0) is 33.8 Å². The lowest BCUT2D eigenvalue weighted by atomic mass is 10.2. The van der Waals surface area contributed by atoms with Gasteiger partial charge in [0.25, 0.3) is 0 Å². The molecule has 2 aromatic rings. The number of nitrogens with zero attached hydrogens (tertiary/aromatic N) is 4. The van der Waals surface area contributed by atoms with Crippen molar-refractivity contribution in [2.45, 2.75) is 47.3 Å². The Morgan fingerprint density at radius 3 is 2.68 bits per heavy atom. The van der Waals surface area contributed by atoms with Crippen LogP contribution in [0, 0.1) is 13.8 Å². The summed E-state index contributed by atoms with van der Waals surface area (Å²) in [6.45, 7) is 10.2. The summed E-state index contributed by atoms with van der Waals surface area (Å²) < 4.78 is 3.77. The van der Waals surface area contributed by atoms with Gasteiger partial charge in [-0.25, -0.2) is 0 Å². The Balaban J connectivity index is 1.93. The minimum Gasteiger partial charge on any atom is -0.348 e. The Labute approximate surface area is 130 Å². The first-order chi connectivity index (χ1) is 10.5. The van der Waals surface area contributed by atoms with Crippen molar-refractivity contribution < 1.29 is 4.79 Å². The van der Waals surface area contributed by atoms with Crippen LogP contribution in [0.15, 0.2) is 18.5 Å². The SMILES string of the molecule is CCn1cc(CNC(=O)/C=C\c2cnn(CC)c2C)c(C)n1. The van der Waals surface area contributed by atoms with Gasteiger partial charge in [-0.2, -0.15) is 10.2 Å². The van der Waals surface area contributed by atoms with Crippen LogP contribution < -0.4 is 5.32 Å². The standard InChI is InChI=1S/C16H23N5O/c1-5-20-11-15(12(3)19-20)9-17-16(22)8-7-14-10-18-21(6-2)13(14)4/h7-8,10-11H,5-6,9H2,1-4H3,(H,17,22)/b8-7-. The monoisotopic (exact) mass is 301 g/mol. The maximum Gasteiger partial charge on any atom is 0.244 e. The van der Waals surface area contributed by atoms with Crippen LogP contribution in [0.25, 0.3) is 6.08 Å². The molecule has 0 unspecified atom stereocenters. The first-order valence-corrected chi connectivity index (χ1v) is 7.56. The lowest BCUT2D eigenvalue weighted by Gasteiger charge is -2.01. The van der Waals surface area contributed by atoms with E-state index in [1.807, 2.05) is 43.3 Å². The number of carbonyl (C=O) groups excluding carboxylic acids is 1. The lowest BCUT2D eigenvalue weighted by molar-refractivity contribution is -0.116. The van der Waals surface area contributed by atoms with Crippen molar-refractivity contribution in [1.82, 2.24) is 24.9 Å². The summed E-state index contributed by atoms with van der Waals surface area (Å²) in [6, 6.07) is 0. The van der Waals surface area contributed by atoms with Crippen LogP contribution in [-0.2, 0) is 24.4 Å². The zero-order chi connectivity index (χ0) is 16.1. The van der Waals surface area contributed by atoms with E-state index >= 15 is 0 Å². The van der Waals surface area contributed by atoms with Gasteiger partial charge in [-0.15, -0.1) is 0 Å². The molecule has 118 valence electrons. The summed E-state index contributed by atoms with van der Waals surface area (Å²) in [7, 11) is 0. The molecule has 2 rings (SSSR count). The highest BCUT2D eigenvalue weighted by atomic mass is 16.1. The number of hydrogen-bond donors (Lipinski definition) is 1. The maximum absolute atomic E-state index is 11.9. The topological polar surface area (TPSA) is 64.7 Å². The summed E-state index contributed by atoms with van der Waals surface area (Å²) in [5.74, 6) is -0.118. The maximum atomic E-state index is 11.9. The number of nitrogens with one attached hydrogen (secondary N) is 1. The smallest absolute Gasteiger partial charge is 0.244 e. The van der Waals surface area contributed by atoms with Gasteiger partial charge < -0.3 is 5.32 Å². The molecule has 0 aliphatic carbocycles. The van der Waals surface area contributed by atoms with Gasteiger partial charge in [0.15, 0.2) is 0 Å². The van der Waals surface area contributed by atoms with Gasteiger partial charge >= 0.3 is 0 Å². The second-order valence-electron chi connectivity index (χ2n) is 5.15. The summed E-state index contributed by atoms with van der Waals surface area (Å²) in [4.78, 5) is 11.9. The zero-order valence-electron chi connectivity index (χ0n) is 13.6. The van der Waals surface area contributed by atoms with Crippen LogP contribution in [0.5, 0.6) is 0 Å². The van der Waals surface area contributed by atoms with Crippen molar-refractivity contribution in [3.8, 4) is 0 Å². The second kappa shape index (κ2) is 7.06. The van der Waals surface area contributed by atoms with Gasteiger partial charge in [-0.1, -0.05) is 0 Å². The van der Waals surface area contributed by atoms with Crippen molar-refractivity contribution in [3.63, 3.8) is 0 Å². The van der Waals surface area contributed by atoms with Gasteiger partial charge in [0.1, 0.15) is 0 Å². The average molecular weight is 301 g/mol. The Morgan fingerprint density at radius 1 is 1.32 bits per heavy atom. The summed E-state index contributed by atoms with van der Waals surface area (Å²) in [5, 5.41) is 11.5. The molecular weight excluding hydrogens is 278 g/mol. The third-order valence-corrected chi connectivity index (χ3v) is 3.68. The molecule has 2 aromatic heterocycles. The van der Waals surface area contributed by atoms with Gasteiger partial charge in [0.05, 0.1) is 11.9 Å². The fourth-order valence-corrected chi connectivity index (χ4v) is 2.24. The first-order valence-electron chi connectivity index (χ1n) is 7.56. The predicted octanol–water partition coefficient (Wildman–Crippen LogP) is 2.07. The van der Waals surface area contributed by atoms with Crippen LogP contribution in [0.3, 0.4) is 0 Å². The quantitative estimate of drug-likeness (QED) is 0.831. The van der Waals surface area contributed by atoms with Crippen molar-refractivity contribution in [2.24, 2.45) is 0 Å². The minimum atomic E-state index is -0.118. The third kappa shape index (κ3) is 3.63. The number of rotatable bonds is 6. The molecule has 0 saturated carbocycles. The number of amides is 1. The van der Waals surface area contributed by atoms with E-state index in [9.17, 15) is 4.79 Å². The second-order valence-corrected chi connectivity index (χ2v) is 5.15. The average Bonchev–Trinajstić information content (AvgIpc) is 3.05. The zero-order valence-corrected chi connectivity index (χ0v) is 13.6. The lowest BCUT2D eigenvalue weighted by Crippen LogP contribution is -2.20. The number of aromatic nitrogens is 4. The van der Waals surface area contributed by atoms with Gasteiger partial charge in [0.2, 0.25) is 5.91 Å². The largest absolute Gasteiger partial charge is 0.348 e. The normalized spacial score (nSPS) is 11.3. The van der Waals surface area contributed by atoms with Crippen molar-refractivity contribution in [3.05, 3.63) is 41.0 Å². The van der Waals surface area contributed by atoms with Crippen LogP contribution >= 0.6 is 0 Å². The molecule has 22 heavy (non-hydrogen) atoms. The molecule has 0 aliphatic rings. The molecule has 6 heteroatoms. The molecule has 0 radical (unpaired) electrons. The fourth-order valence-electron chi connectivity index (χ4n) is 2.24. The molecule has 0 saturated heterocycles. The Kier molecular flexibility index (Phi) is 5.14. The Morgan fingerprint density at radius 2 is 2.09 bits per heavy atom.